The maximum Gasteiger partial charge on any atom is 0.508 e. The molecule has 0 rings (SSSR count). The van der Waals surface area contributed by atoms with Crippen molar-refractivity contribution in [2.45, 2.75) is 34.1 Å². The summed E-state index contributed by atoms with van der Waals surface area (Å²) in [6, 6.07) is 0. The van der Waals surface area contributed by atoms with Gasteiger partial charge in [0.1, 0.15) is 13.2 Å². The summed E-state index contributed by atoms with van der Waals surface area (Å²) >= 11 is 0. The Morgan fingerprint density at radius 1 is 1.04 bits per heavy atom. The predicted molar refractivity (Wildman–Crippen MR) is 90.8 cm³/mol. The number of ether oxygens (including phenoxy) is 3. The number of hydrogen-bond acceptors (Lipinski definition) is 9. The average molecular weight is 397 g/mol. The fourth-order valence-corrected chi connectivity index (χ4v) is 2.57. The summed E-state index contributed by atoms with van der Waals surface area (Å²) in [5.74, 6) is -1.23. The molecule has 0 heterocycles. The average Bonchev–Trinajstić information content (AvgIpc) is 2.54. The number of rotatable bonds is 12. The van der Waals surface area contributed by atoms with E-state index in [2.05, 4.69) is 14.8 Å². The molecule has 0 saturated carbocycles. The van der Waals surface area contributed by atoms with E-state index in [0.29, 0.717) is 0 Å². The Morgan fingerprint density at radius 3 is 2.23 bits per heavy atom. The molecule has 0 atom stereocenters. The molecule has 0 spiro atoms. The summed E-state index contributed by atoms with van der Waals surface area (Å²) in [4.78, 5) is 33.6. The number of carbonyl (C=O) groups excluding carboxylic acids is 3. The second-order valence-corrected chi connectivity index (χ2v) is 7.67. The topological polar surface area (TPSA) is 134 Å². The molecule has 26 heavy (non-hydrogen) atoms. The smallest absolute Gasteiger partial charge is 0.462 e. The van der Waals surface area contributed by atoms with Crippen molar-refractivity contribution in [3.63, 3.8) is 0 Å². The Morgan fingerprint density at radius 2 is 1.65 bits per heavy atom. The van der Waals surface area contributed by atoms with Crippen molar-refractivity contribution in [1.29, 1.82) is 0 Å². The molecule has 10 nitrogen and oxygen atoms in total. The van der Waals surface area contributed by atoms with Gasteiger partial charge in [-0.15, -0.1) is 0 Å². The van der Waals surface area contributed by atoms with E-state index in [-0.39, 0.29) is 44.4 Å². The van der Waals surface area contributed by atoms with Crippen LogP contribution in [0, 0.1) is 5.41 Å². The lowest BCUT2D eigenvalue weighted by molar-refractivity contribution is -0.156. The summed E-state index contributed by atoms with van der Waals surface area (Å²) in [6.45, 7) is 5.50. The highest BCUT2D eigenvalue weighted by Crippen LogP contribution is 2.19. The molecule has 11 heteroatoms. The van der Waals surface area contributed by atoms with E-state index in [1.54, 1.807) is 6.92 Å². The molecular weight excluding hydrogens is 370 g/mol. The Hall–Kier alpha value is -1.88. The molecule has 152 valence electrons. The third-order valence-corrected chi connectivity index (χ3v) is 4.16. The lowest BCUT2D eigenvalue weighted by Crippen LogP contribution is -2.34. The highest BCUT2D eigenvalue weighted by Gasteiger charge is 2.32. The normalized spacial score (nSPS) is 11.5. The minimum atomic E-state index is -3.83. The van der Waals surface area contributed by atoms with Crippen LogP contribution in [0.2, 0.25) is 0 Å². The number of amides is 1. The van der Waals surface area contributed by atoms with Crippen LogP contribution in [0.25, 0.3) is 0 Å². The molecule has 1 amide bonds. The second-order valence-electron chi connectivity index (χ2n) is 5.91. The first-order valence-corrected chi connectivity index (χ1v) is 9.66. The maximum atomic E-state index is 12.0. The molecule has 0 aliphatic carbocycles. The monoisotopic (exact) mass is 397 g/mol. The molecule has 0 saturated heterocycles. The van der Waals surface area contributed by atoms with Gasteiger partial charge in [0, 0.05) is 13.5 Å². The van der Waals surface area contributed by atoms with E-state index in [9.17, 15) is 22.8 Å². The number of carbonyl (C=O) groups is 3. The van der Waals surface area contributed by atoms with E-state index in [1.807, 2.05) is 0 Å². The predicted octanol–water partition coefficient (Wildman–Crippen LogP) is 0.602. The number of esters is 1. The minimum Gasteiger partial charge on any atom is -0.462 e. The third kappa shape index (κ3) is 11.6. The van der Waals surface area contributed by atoms with Crippen molar-refractivity contribution in [2.24, 2.45) is 5.41 Å². The second kappa shape index (κ2) is 11.7. The Kier molecular flexibility index (Phi) is 10.8. The van der Waals surface area contributed by atoms with Gasteiger partial charge in [0.25, 0.3) is 10.1 Å². The summed E-state index contributed by atoms with van der Waals surface area (Å²) in [7, 11) is -3.83. The quantitative estimate of drug-likeness (QED) is 0.285. The Bertz CT molecular complexity index is 572. The molecule has 0 unspecified atom stereocenters. The van der Waals surface area contributed by atoms with Crippen LogP contribution in [-0.2, 0) is 38.1 Å². The van der Waals surface area contributed by atoms with Gasteiger partial charge in [0.05, 0.1) is 24.4 Å². The summed E-state index contributed by atoms with van der Waals surface area (Å²) in [6.07, 6.45) is -0.672. The number of nitrogens with one attached hydrogen (secondary N) is 1. The van der Waals surface area contributed by atoms with Crippen molar-refractivity contribution < 1.29 is 41.2 Å². The minimum absolute atomic E-state index is 0.169. The first-order chi connectivity index (χ1) is 12.0. The zero-order valence-corrected chi connectivity index (χ0v) is 16.3. The largest absolute Gasteiger partial charge is 0.508 e. The van der Waals surface area contributed by atoms with Crippen molar-refractivity contribution >= 4 is 28.1 Å². The molecule has 0 aromatic carbocycles. The van der Waals surface area contributed by atoms with Gasteiger partial charge in [-0.25, -0.2) is 4.79 Å². The first kappa shape index (κ1) is 24.1. The zero-order valence-electron chi connectivity index (χ0n) is 15.5. The van der Waals surface area contributed by atoms with Gasteiger partial charge in [-0.05, 0) is 27.2 Å². The molecule has 0 aromatic heterocycles. The molecule has 0 fully saturated rings. The van der Waals surface area contributed by atoms with Gasteiger partial charge in [0.15, 0.2) is 0 Å². The van der Waals surface area contributed by atoms with Crippen molar-refractivity contribution in [3.05, 3.63) is 0 Å². The molecular formula is C15H27NO9S. The van der Waals surface area contributed by atoms with Gasteiger partial charge in [-0.2, -0.15) is 8.42 Å². The van der Waals surface area contributed by atoms with E-state index in [4.69, 9.17) is 8.92 Å². The summed E-state index contributed by atoms with van der Waals surface area (Å²) in [5, 5.41) is 2.48. The van der Waals surface area contributed by atoms with Gasteiger partial charge >= 0.3 is 12.1 Å². The fraction of sp³-hybridized carbons (Fsp3) is 0.800. The van der Waals surface area contributed by atoms with Crippen molar-refractivity contribution in [3.8, 4) is 0 Å². The first-order valence-electron chi connectivity index (χ1n) is 8.08. The van der Waals surface area contributed by atoms with Crippen LogP contribution in [0.3, 0.4) is 0 Å². The molecule has 0 aromatic rings. The fourth-order valence-electron chi connectivity index (χ4n) is 1.48. The molecule has 1 N–H and O–H groups in total. The van der Waals surface area contributed by atoms with E-state index in [0.717, 1.165) is 0 Å². The van der Waals surface area contributed by atoms with E-state index >= 15 is 0 Å². The van der Waals surface area contributed by atoms with E-state index in [1.165, 1.54) is 20.8 Å². The highest BCUT2D eigenvalue weighted by molar-refractivity contribution is 7.86. The summed E-state index contributed by atoms with van der Waals surface area (Å²) in [5.41, 5.74) is -1.21. The SMILES string of the molecule is CCOC(=O)OCCOC(=O)C(C)(C)COS(=O)(=O)CCCNC(C)=O. The van der Waals surface area contributed by atoms with Crippen LogP contribution in [0.4, 0.5) is 4.79 Å². The Labute approximate surface area is 153 Å². The van der Waals surface area contributed by atoms with Gasteiger partial charge in [-0.3, -0.25) is 13.8 Å². The van der Waals surface area contributed by atoms with Crippen molar-refractivity contribution in [1.82, 2.24) is 5.32 Å². The van der Waals surface area contributed by atoms with Gasteiger partial charge < -0.3 is 19.5 Å². The lowest BCUT2D eigenvalue weighted by atomic mass is 9.95. The molecule has 0 radical (unpaired) electrons. The van der Waals surface area contributed by atoms with Crippen LogP contribution in [0.15, 0.2) is 0 Å². The van der Waals surface area contributed by atoms with Crippen LogP contribution >= 0.6 is 0 Å². The van der Waals surface area contributed by atoms with Crippen LogP contribution in [0.1, 0.15) is 34.1 Å². The number of hydrogen-bond donors (Lipinski definition) is 1. The molecule has 0 aliphatic rings. The zero-order chi connectivity index (χ0) is 20.2. The lowest BCUT2D eigenvalue weighted by Gasteiger charge is -2.22. The van der Waals surface area contributed by atoms with Crippen molar-refractivity contribution in [2.75, 3.05) is 38.7 Å². The molecule has 0 aliphatic heterocycles. The van der Waals surface area contributed by atoms with Crippen LogP contribution < -0.4 is 5.32 Å². The van der Waals surface area contributed by atoms with Gasteiger partial charge in [-0.1, -0.05) is 0 Å². The maximum absolute atomic E-state index is 12.0. The van der Waals surface area contributed by atoms with Crippen LogP contribution in [-0.4, -0.2) is 65.2 Å². The molecule has 0 bridgehead atoms. The Balaban J connectivity index is 4.18. The standard InChI is InChI=1S/C15H27NO9S/c1-5-22-14(19)24-9-8-23-13(18)15(3,4)11-25-26(20,21)10-6-7-16-12(2)17/h5-11H2,1-4H3,(H,16,17). The highest BCUT2D eigenvalue weighted by atomic mass is 32.2. The third-order valence-electron chi connectivity index (χ3n) is 2.90. The van der Waals surface area contributed by atoms with E-state index < -0.39 is 34.3 Å². The summed E-state index contributed by atoms with van der Waals surface area (Å²) < 4.78 is 42.5. The van der Waals surface area contributed by atoms with Crippen LogP contribution in [0.5, 0.6) is 0 Å². The van der Waals surface area contributed by atoms with Gasteiger partial charge in [0.2, 0.25) is 5.91 Å².